The van der Waals surface area contributed by atoms with Crippen LogP contribution in [0, 0.1) is 11.3 Å². The van der Waals surface area contributed by atoms with Crippen LogP contribution in [0.5, 0.6) is 0 Å². The molecule has 0 radical (unpaired) electrons. The van der Waals surface area contributed by atoms with E-state index in [1.165, 1.54) is 0 Å². The van der Waals surface area contributed by atoms with E-state index in [9.17, 15) is 5.26 Å². The second-order valence-electron chi connectivity index (χ2n) is 12.4. The maximum Gasteiger partial charge on any atom is 0.318 e. The summed E-state index contributed by atoms with van der Waals surface area (Å²) < 4.78 is 53.3. The molecule has 0 atom stereocenters. The lowest BCUT2D eigenvalue weighted by molar-refractivity contribution is 0.239. The Bertz CT molecular complexity index is 735. The first kappa shape index (κ1) is 33.9. The highest BCUT2D eigenvalue weighted by Crippen LogP contribution is 2.33. The van der Waals surface area contributed by atoms with Crippen LogP contribution in [-0.2, 0) is 32.9 Å². The summed E-state index contributed by atoms with van der Waals surface area (Å²) in [6, 6.07) is 2.79. The molecule has 1 heterocycles. The standard InChI is InChI=1S/C18H49NO8Si8/c1-28(2)20-29(3,4)22-31(7,8)24-33(11,12)26-35(15,18-16-17-19)27-34(13,14)25-32(9,10)23-30(5,6)21-28/h16,18H2,1-15H3. The van der Waals surface area contributed by atoms with Gasteiger partial charge in [-0.3, -0.25) is 0 Å². The minimum absolute atomic E-state index is 0.355. The van der Waals surface area contributed by atoms with E-state index < -0.39 is 68.5 Å². The highest BCUT2D eigenvalue weighted by molar-refractivity contribution is 6.93. The van der Waals surface area contributed by atoms with E-state index in [0.29, 0.717) is 12.5 Å². The first-order chi connectivity index (χ1) is 15.2. The minimum Gasteiger partial charge on any atom is -0.416 e. The summed E-state index contributed by atoms with van der Waals surface area (Å²) in [5.41, 5.74) is 0. The van der Waals surface area contributed by atoms with Crippen molar-refractivity contribution in [2.75, 3.05) is 0 Å². The molecule has 1 fully saturated rings. The maximum atomic E-state index is 9.31. The van der Waals surface area contributed by atoms with Crippen molar-refractivity contribution in [2.24, 2.45) is 0 Å². The molecule has 0 bridgehead atoms. The Hall–Kier alpha value is 0.905. The molecule has 0 unspecified atom stereocenters. The van der Waals surface area contributed by atoms with Gasteiger partial charge in [0.1, 0.15) is 0 Å². The third kappa shape index (κ3) is 13.0. The molecule has 1 saturated heterocycles. The van der Waals surface area contributed by atoms with Gasteiger partial charge in [0.05, 0.1) is 6.07 Å². The van der Waals surface area contributed by atoms with Gasteiger partial charge >= 0.3 is 68.5 Å². The molecule has 1 aliphatic rings. The highest BCUT2D eigenvalue weighted by Gasteiger charge is 2.52. The number of nitrogens with zero attached hydrogens (tertiary/aromatic N) is 1. The van der Waals surface area contributed by atoms with Crippen molar-refractivity contribution in [3.8, 4) is 6.07 Å². The Balaban J connectivity index is 3.51. The lowest BCUT2D eigenvalue weighted by atomic mass is 10.6. The first-order valence-electron chi connectivity index (χ1n) is 12.2. The van der Waals surface area contributed by atoms with E-state index in [2.05, 4.69) is 6.07 Å². The quantitative estimate of drug-likeness (QED) is 0.338. The van der Waals surface area contributed by atoms with E-state index in [1.54, 1.807) is 0 Å². The van der Waals surface area contributed by atoms with E-state index in [-0.39, 0.29) is 0 Å². The summed E-state index contributed by atoms with van der Waals surface area (Å²) in [4.78, 5) is 0. The molecular weight excluding hydrogens is 583 g/mol. The van der Waals surface area contributed by atoms with Gasteiger partial charge in [-0.1, -0.05) is 0 Å². The van der Waals surface area contributed by atoms with Gasteiger partial charge in [-0.25, -0.2) is 0 Å². The third-order valence-corrected chi connectivity index (χ3v) is 36.7. The molecular formula is C18H49NO8Si8. The van der Waals surface area contributed by atoms with Gasteiger partial charge < -0.3 is 32.9 Å². The fraction of sp³-hybridized carbons (Fsp3) is 0.944. The zero-order chi connectivity index (χ0) is 27.8. The first-order valence-corrected chi connectivity index (χ1v) is 34.4. The van der Waals surface area contributed by atoms with E-state index in [4.69, 9.17) is 32.9 Å². The Morgan fingerprint density at radius 1 is 0.400 bits per heavy atom. The predicted octanol–water partition coefficient (Wildman–Crippen LogP) is 6.03. The van der Waals surface area contributed by atoms with Crippen LogP contribution in [0.2, 0.25) is 104 Å². The van der Waals surface area contributed by atoms with E-state index in [0.717, 1.165) is 0 Å². The van der Waals surface area contributed by atoms with Gasteiger partial charge in [-0.2, -0.15) is 5.26 Å². The zero-order valence-corrected chi connectivity index (χ0v) is 32.6. The van der Waals surface area contributed by atoms with Crippen molar-refractivity contribution in [3.63, 3.8) is 0 Å². The molecule has 0 saturated carbocycles. The van der Waals surface area contributed by atoms with Crippen LogP contribution < -0.4 is 0 Å². The monoisotopic (exact) mass is 631 g/mol. The molecule has 0 amide bonds. The number of rotatable bonds is 2. The second-order valence-corrected chi connectivity index (χ2v) is 41.3. The van der Waals surface area contributed by atoms with Crippen molar-refractivity contribution in [3.05, 3.63) is 0 Å². The van der Waals surface area contributed by atoms with Crippen LogP contribution in [0.3, 0.4) is 0 Å². The number of hydrogen-bond acceptors (Lipinski definition) is 9. The lowest BCUT2D eigenvalue weighted by Crippen LogP contribution is -2.64. The van der Waals surface area contributed by atoms with Crippen LogP contribution >= 0.6 is 0 Å². The maximum absolute atomic E-state index is 9.31. The Kier molecular flexibility index (Phi) is 10.8. The number of nitriles is 1. The Morgan fingerprint density at radius 2 is 0.600 bits per heavy atom. The molecule has 206 valence electrons. The smallest absolute Gasteiger partial charge is 0.318 e. The fourth-order valence-corrected chi connectivity index (χ4v) is 47.6. The normalized spacial score (nSPS) is 29.5. The lowest BCUT2D eigenvalue weighted by Gasteiger charge is -2.46. The summed E-state index contributed by atoms with van der Waals surface area (Å²) in [5.74, 6) is 0. The van der Waals surface area contributed by atoms with Gasteiger partial charge in [0.25, 0.3) is 0 Å². The molecule has 35 heavy (non-hydrogen) atoms. The summed E-state index contributed by atoms with van der Waals surface area (Å²) >= 11 is 0. The van der Waals surface area contributed by atoms with Crippen molar-refractivity contribution in [1.82, 2.24) is 0 Å². The second kappa shape index (κ2) is 11.2. The fourth-order valence-electron chi connectivity index (χ4n) is 5.14. The average Bonchev–Trinajstić information content (AvgIpc) is 2.42. The average molecular weight is 632 g/mol. The summed E-state index contributed by atoms with van der Waals surface area (Å²) in [6.45, 7) is 30.5. The molecule has 0 spiro atoms. The summed E-state index contributed by atoms with van der Waals surface area (Å²) in [7, 11) is -21.3. The highest BCUT2D eigenvalue weighted by atomic mass is 28.5. The summed E-state index contributed by atoms with van der Waals surface area (Å²) in [5, 5.41) is 9.31. The molecule has 0 aromatic rings. The van der Waals surface area contributed by atoms with Gasteiger partial charge in [0, 0.05) is 12.5 Å². The third-order valence-electron chi connectivity index (χ3n) is 4.56. The van der Waals surface area contributed by atoms with Crippen LogP contribution in [0.4, 0.5) is 0 Å². The van der Waals surface area contributed by atoms with Gasteiger partial charge in [0.15, 0.2) is 0 Å². The topological polar surface area (TPSA) is 97.6 Å². The van der Waals surface area contributed by atoms with Gasteiger partial charge in [-0.15, -0.1) is 0 Å². The minimum atomic E-state index is -2.82. The zero-order valence-electron chi connectivity index (χ0n) is 24.6. The predicted molar refractivity (Wildman–Crippen MR) is 158 cm³/mol. The van der Waals surface area contributed by atoms with E-state index >= 15 is 0 Å². The molecule has 0 aromatic heterocycles. The molecule has 0 N–H and O–H groups in total. The van der Waals surface area contributed by atoms with Crippen LogP contribution in [-0.4, -0.2) is 68.5 Å². The van der Waals surface area contributed by atoms with Crippen LogP contribution in [0.25, 0.3) is 0 Å². The Morgan fingerprint density at radius 3 is 0.800 bits per heavy atom. The van der Waals surface area contributed by atoms with Crippen LogP contribution in [0.15, 0.2) is 0 Å². The summed E-state index contributed by atoms with van der Waals surface area (Å²) in [6.07, 6.45) is 0.355. The molecule has 9 nitrogen and oxygen atoms in total. The van der Waals surface area contributed by atoms with Gasteiger partial charge in [0.2, 0.25) is 0 Å². The molecule has 17 heteroatoms. The SMILES string of the molecule is C[Si]1(C)O[Si](C)(C)O[Si](C)(C)O[Si](C)(C)O[Si](C)(CCC#N)O[Si](C)(C)O[Si](C)(C)O[Si](C)(C)O1. The van der Waals surface area contributed by atoms with Crippen molar-refractivity contribution >= 4 is 68.5 Å². The van der Waals surface area contributed by atoms with Crippen molar-refractivity contribution in [2.45, 2.75) is 111 Å². The van der Waals surface area contributed by atoms with Gasteiger partial charge in [-0.05, 0) is 98.2 Å². The molecule has 0 aliphatic carbocycles. The van der Waals surface area contributed by atoms with Crippen molar-refractivity contribution in [1.29, 1.82) is 5.26 Å². The largest absolute Gasteiger partial charge is 0.416 e. The number of hydrogen-bond donors (Lipinski definition) is 0. The molecule has 1 aliphatic heterocycles. The van der Waals surface area contributed by atoms with Crippen molar-refractivity contribution < 1.29 is 32.9 Å². The van der Waals surface area contributed by atoms with Crippen LogP contribution in [0.1, 0.15) is 6.42 Å². The molecule has 1 rings (SSSR count). The molecule has 0 aromatic carbocycles. The Labute approximate surface area is 222 Å². The van der Waals surface area contributed by atoms with E-state index in [1.807, 2.05) is 98.2 Å².